The summed E-state index contributed by atoms with van der Waals surface area (Å²) in [6, 6.07) is 24.9. The molecule has 2 aliphatic heterocycles. The van der Waals surface area contributed by atoms with Gasteiger partial charge in [0.15, 0.2) is 0 Å². The molecule has 0 spiro atoms. The van der Waals surface area contributed by atoms with Gasteiger partial charge in [0.2, 0.25) is 5.91 Å². The minimum absolute atomic E-state index is 0.0454. The third-order valence-corrected chi connectivity index (χ3v) is 11.5. The number of hydrogen-bond acceptors (Lipinski definition) is 7. The van der Waals surface area contributed by atoms with Gasteiger partial charge in [-0.25, -0.2) is 4.79 Å². The number of hydrogen-bond donors (Lipinski definition) is 1. The standard InChI is InChI=1S/C44H52Cl2N6O4/c1-8-56-37-27-38(42(2,3)4)48-28-36(37)40-49-43(5,31-11-15-33(45)16-12-31)44(6,32-13-17-34(46)18-14-32)52(40)41(54)51-25-23-50(24-26-51)29-39(53)47-22-21-30-9-19-35(55-7)20-10-30/h9-20,27-28H,8,21-26,29H2,1-7H3,(H,47,53). The number of carbonyl (C=O) groups excluding carboxylic acids is 2. The van der Waals surface area contributed by atoms with Crippen molar-refractivity contribution in [1.82, 2.24) is 25.0 Å². The van der Waals surface area contributed by atoms with E-state index in [1.165, 1.54) is 0 Å². The van der Waals surface area contributed by atoms with Gasteiger partial charge >= 0.3 is 6.03 Å². The molecule has 12 heteroatoms. The first-order valence-electron chi connectivity index (χ1n) is 19.1. The number of benzene rings is 3. The van der Waals surface area contributed by atoms with Crippen molar-refractivity contribution >= 4 is 41.0 Å². The molecule has 0 radical (unpaired) electrons. The number of pyridine rings is 1. The van der Waals surface area contributed by atoms with Crippen LogP contribution in [-0.4, -0.2) is 90.4 Å². The van der Waals surface area contributed by atoms with Crippen LogP contribution >= 0.6 is 23.2 Å². The van der Waals surface area contributed by atoms with Crippen LogP contribution in [0.15, 0.2) is 90.1 Å². The van der Waals surface area contributed by atoms with Gasteiger partial charge < -0.3 is 19.7 Å². The summed E-state index contributed by atoms with van der Waals surface area (Å²) in [6.45, 7) is 15.5. The van der Waals surface area contributed by atoms with Gasteiger partial charge in [0.1, 0.15) is 28.4 Å². The Hall–Kier alpha value is -4.64. The molecular weight excluding hydrogens is 747 g/mol. The second-order valence-electron chi connectivity index (χ2n) is 15.7. The average Bonchev–Trinajstić information content (AvgIpc) is 3.42. The molecule has 3 amide bonds. The number of piperazine rings is 1. The number of ether oxygens (including phenoxy) is 2. The molecule has 3 heterocycles. The van der Waals surface area contributed by atoms with Crippen LogP contribution in [0.1, 0.15) is 69.5 Å². The van der Waals surface area contributed by atoms with Crippen molar-refractivity contribution in [3.63, 3.8) is 0 Å². The Morgan fingerprint density at radius 2 is 1.48 bits per heavy atom. The van der Waals surface area contributed by atoms with Crippen LogP contribution in [0.3, 0.4) is 0 Å². The number of amidine groups is 1. The van der Waals surface area contributed by atoms with Gasteiger partial charge in [-0.1, -0.05) is 80.4 Å². The Kier molecular flexibility index (Phi) is 12.3. The normalized spacial score (nSPS) is 20.1. The van der Waals surface area contributed by atoms with Crippen molar-refractivity contribution in [3.8, 4) is 11.5 Å². The molecule has 0 saturated carbocycles. The van der Waals surface area contributed by atoms with Gasteiger partial charge in [0, 0.05) is 66.1 Å². The van der Waals surface area contributed by atoms with E-state index in [1.54, 1.807) is 13.3 Å². The fraction of sp³-hybridized carbons (Fsp3) is 0.409. The second-order valence-corrected chi connectivity index (χ2v) is 16.5. The molecule has 4 aromatic rings. The molecule has 2 unspecified atom stereocenters. The maximum absolute atomic E-state index is 15.3. The smallest absolute Gasteiger partial charge is 0.326 e. The van der Waals surface area contributed by atoms with Gasteiger partial charge in [-0.2, -0.15) is 0 Å². The van der Waals surface area contributed by atoms with Crippen LogP contribution in [0.5, 0.6) is 11.5 Å². The number of aliphatic imine (C=N–C) groups is 1. The van der Waals surface area contributed by atoms with Crippen molar-refractivity contribution in [1.29, 1.82) is 0 Å². The van der Waals surface area contributed by atoms with Crippen LogP contribution < -0.4 is 14.8 Å². The number of urea groups is 1. The Bertz CT molecular complexity index is 2040. The van der Waals surface area contributed by atoms with Crippen LogP contribution in [0.4, 0.5) is 4.79 Å². The number of halogens is 2. The Labute approximate surface area is 340 Å². The summed E-state index contributed by atoms with van der Waals surface area (Å²) in [6.07, 6.45) is 2.50. The maximum atomic E-state index is 15.3. The van der Waals surface area contributed by atoms with Crippen LogP contribution in [0.25, 0.3) is 0 Å². The molecule has 1 saturated heterocycles. The highest BCUT2D eigenvalue weighted by atomic mass is 35.5. The number of rotatable bonds is 11. The van der Waals surface area contributed by atoms with E-state index in [0.29, 0.717) is 66.5 Å². The lowest BCUT2D eigenvalue weighted by molar-refractivity contribution is -0.122. The summed E-state index contributed by atoms with van der Waals surface area (Å²) < 4.78 is 11.5. The fourth-order valence-corrected chi connectivity index (χ4v) is 7.75. The van der Waals surface area contributed by atoms with Crippen molar-refractivity contribution in [2.24, 2.45) is 4.99 Å². The predicted octanol–water partition coefficient (Wildman–Crippen LogP) is 8.08. The number of aromatic nitrogens is 1. The van der Waals surface area contributed by atoms with Crippen molar-refractivity contribution in [3.05, 3.63) is 123 Å². The molecule has 0 aliphatic carbocycles. The topological polar surface area (TPSA) is 99.6 Å². The van der Waals surface area contributed by atoms with Crippen molar-refractivity contribution < 1.29 is 19.1 Å². The van der Waals surface area contributed by atoms with E-state index >= 15 is 4.79 Å². The summed E-state index contributed by atoms with van der Waals surface area (Å²) in [4.78, 5) is 44.5. The SMILES string of the molecule is CCOc1cc(C(C)(C)C)ncc1C1=NC(C)(c2ccc(Cl)cc2)C(C)(c2ccc(Cl)cc2)N1C(=O)N1CCN(CC(=O)NCCc2ccc(OC)cc2)CC1. The monoisotopic (exact) mass is 798 g/mol. The van der Waals surface area contributed by atoms with E-state index < -0.39 is 11.1 Å². The summed E-state index contributed by atoms with van der Waals surface area (Å²) in [5, 5.41) is 4.24. The number of carbonyl (C=O) groups is 2. The quantitative estimate of drug-likeness (QED) is 0.165. The predicted molar refractivity (Wildman–Crippen MR) is 223 cm³/mol. The molecule has 10 nitrogen and oxygen atoms in total. The maximum Gasteiger partial charge on any atom is 0.326 e. The Morgan fingerprint density at radius 3 is 2.05 bits per heavy atom. The van der Waals surface area contributed by atoms with Crippen molar-refractivity contribution in [2.45, 2.75) is 64.5 Å². The van der Waals surface area contributed by atoms with E-state index in [0.717, 1.165) is 34.6 Å². The lowest BCUT2D eigenvalue weighted by atomic mass is 9.71. The molecule has 56 heavy (non-hydrogen) atoms. The molecular formula is C44H52Cl2N6O4. The van der Waals surface area contributed by atoms with Gasteiger partial charge in [-0.3, -0.25) is 24.6 Å². The van der Waals surface area contributed by atoms with Gasteiger partial charge in [-0.15, -0.1) is 0 Å². The lowest BCUT2D eigenvalue weighted by Gasteiger charge is -2.47. The first-order valence-corrected chi connectivity index (χ1v) is 19.9. The highest BCUT2D eigenvalue weighted by Gasteiger charge is 2.60. The van der Waals surface area contributed by atoms with E-state index in [9.17, 15) is 4.79 Å². The molecule has 1 fully saturated rings. The highest BCUT2D eigenvalue weighted by Crippen LogP contribution is 2.54. The number of methoxy groups -OCH3 is 1. The minimum Gasteiger partial charge on any atom is -0.497 e. The zero-order valence-corrected chi connectivity index (χ0v) is 34.9. The van der Waals surface area contributed by atoms with E-state index in [2.05, 4.69) is 44.8 Å². The fourth-order valence-electron chi connectivity index (χ4n) is 7.49. The number of nitrogens with zero attached hydrogens (tertiary/aromatic N) is 5. The van der Waals surface area contributed by atoms with Crippen LogP contribution in [-0.2, 0) is 27.7 Å². The summed E-state index contributed by atoms with van der Waals surface area (Å²) in [5.74, 6) is 1.82. The third-order valence-electron chi connectivity index (χ3n) is 11.0. The van der Waals surface area contributed by atoms with E-state index in [1.807, 2.05) is 95.6 Å². The highest BCUT2D eigenvalue weighted by molar-refractivity contribution is 6.30. The summed E-state index contributed by atoms with van der Waals surface area (Å²) in [7, 11) is 1.64. The lowest BCUT2D eigenvalue weighted by Crippen LogP contribution is -2.61. The minimum atomic E-state index is -1.05. The largest absolute Gasteiger partial charge is 0.497 e. The zero-order valence-electron chi connectivity index (χ0n) is 33.4. The Morgan fingerprint density at radius 1 is 0.875 bits per heavy atom. The van der Waals surface area contributed by atoms with Crippen LogP contribution in [0, 0.1) is 0 Å². The van der Waals surface area contributed by atoms with Gasteiger partial charge in [0.05, 0.1) is 25.8 Å². The molecule has 6 rings (SSSR count). The second kappa shape index (κ2) is 16.8. The molecule has 1 aromatic heterocycles. The van der Waals surface area contributed by atoms with Gasteiger partial charge in [-0.05, 0) is 80.3 Å². The first-order chi connectivity index (χ1) is 26.7. The average molecular weight is 800 g/mol. The van der Waals surface area contributed by atoms with Crippen LogP contribution in [0.2, 0.25) is 10.0 Å². The Balaban J connectivity index is 1.31. The molecule has 296 valence electrons. The third kappa shape index (κ3) is 8.38. The number of nitrogens with one attached hydrogen (secondary N) is 1. The molecule has 1 N–H and O–H groups in total. The molecule has 2 aliphatic rings. The first kappa shape index (κ1) is 41.0. The molecule has 0 bridgehead atoms. The number of amides is 3. The summed E-state index contributed by atoms with van der Waals surface area (Å²) in [5.41, 5.74) is 2.06. The van der Waals surface area contributed by atoms with E-state index in [-0.39, 0.29) is 23.9 Å². The molecule has 3 aromatic carbocycles. The summed E-state index contributed by atoms with van der Waals surface area (Å²) >= 11 is 12.8. The van der Waals surface area contributed by atoms with Gasteiger partial charge in [0.25, 0.3) is 0 Å². The zero-order chi connectivity index (χ0) is 40.3. The molecule has 2 atom stereocenters. The van der Waals surface area contributed by atoms with E-state index in [4.69, 9.17) is 42.7 Å². The van der Waals surface area contributed by atoms with Crippen molar-refractivity contribution in [2.75, 3.05) is 53.0 Å².